The largest absolute Gasteiger partial charge is 0.461 e. The fourth-order valence-corrected chi connectivity index (χ4v) is 2.82. The number of carbonyl (C=O) groups excluding carboxylic acids is 2. The van der Waals surface area contributed by atoms with Crippen LogP contribution in [0, 0.1) is 6.57 Å². The fourth-order valence-electron chi connectivity index (χ4n) is 2.82. The van der Waals surface area contributed by atoms with E-state index in [-0.39, 0.29) is 11.9 Å². The number of aromatic nitrogens is 2. The molecule has 1 atom stereocenters. The van der Waals surface area contributed by atoms with E-state index in [1.54, 1.807) is 37.4 Å². The molecule has 2 aromatic rings. The normalized spacial score (nSPS) is 15.8. The van der Waals surface area contributed by atoms with Crippen LogP contribution in [0.4, 0.5) is 5.69 Å². The molecule has 1 aromatic carbocycles. The van der Waals surface area contributed by atoms with Gasteiger partial charge in [0, 0.05) is 30.8 Å². The molecule has 7 heteroatoms. The lowest BCUT2D eigenvalue weighted by Crippen LogP contribution is -2.40. The number of fused-ring (bicyclic) bond motifs is 1. The van der Waals surface area contributed by atoms with Gasteiger partial charge in [-0.3, -0.25) is 4.79 Å². The maximum Gasteiger partial charge on any atom is 0.358 e. The number of benzene rings is 1. The molecule has 1 aliphatic heterocycles. The van der Waals surface area contributed by atoms with Gasteiger partial charge in [0.1, 0.15) is 5.82 Å². The van der Waals surface area contributed by atoms with E-state index in [1.807, 2.05) is 4.57 Å². The fraction of sp³-hybridized carbons (Fsp3) is 0.333. The van der Waals surface area contributed by atoms with Crippen LogP contribution < -0.4 is 5.32 Å². The summed E-state index contributed by atoms with van der Waals surface area (Å²) in [5, 5.41) is 3.00. The second-order valence-corrected chi connectivity index (χ2v) is 5.78. The standard InChI is InChI=1S/C18H18N4O3/c1-3-25-18(24)15-11-22-10-14(8-9-16(22)21-15)20-17(23)12-4-6-13(19-2)7-5-12/h4-7,11,14H,3,8-10H2,1H3,(H,20,23). The second kappa shape index (κ2) is 7.18. The van der Waals surface area contributed by atoms with Crippen molar-refractivity contribution in [3.05, 3.63) is 59.0 Å². The zero-order valence-corrected chi connectivity index (χ0v) is 13.9. The molecule has 1 N–H and O–H groups in total. The summed E-state index contributed by atoms with van der Waals surface area (Å²) < 4.78 is 6.86. The number of hydrogen-bond acceptors (Lipinski definition) is 4. The van der Waals surface area contributed by atoms with Gasteiger partial charge in [-0.15, -0.1) is 0 Å². The molecule has 2 heterocycles. The van der Waals surface area contributed by atoms with Crippen LogP contribution in [0.3, 0.4) is 0 Å². The molecule has 25 heavy (non-hydrogen) atoms. The summed E-state index contributed by atoms with van der Waals surface area (Å²) in [6.07, 6.45) is 3.11. The Hall–Kier alpha value is -3.14. The Labute approximate surface area is 145 Å². The van der Waals surface area contributed by atoms with Gasteiger partial charge in [0.15, 0.2) is 11.4 Å². The first kappa shape index (κ1) is 16.7. The topological polar surface area (TPSA) is 77.6 Å². The van der Waals surface area contributed by atoms with E-state index in [1.165, 1.54) is 0 Å². The van der Waals surface area contributed by atoms with E-state index < -0.39 is 5.97 Å². The molecule has 0 aliphatic carbocycles. The highest BCUT2D eigenvalue weighted by atomic mass is 16.5. The Morgan fingerprint density at radius 3 is 2.84 bits per heavy atom. The molecular formula is C18H18N4O3. The summed E-state index contributed by atoms with van der Waals surface area (Å²) in [6.45, 7) is 9.57. The van der Waals surface area contributed by atoms with Gasteiger partial charge in [0.2, 0.25) is 0 Å². The average Bonchev–Trinajstić information content (AvgIpc) is 3.05. The van der Waals surface area contributed by atoms with Crippen LogP contribution >= 0.6 is 0 Å². The Bertz CT molecular complexity index is 833. The minimum Gasteiger partial charge on any atom is -0.461 e. The molecule has 0 fully saturated rings. The van der Waals surface area contributed by atoms with Crippen molar-refractivity contribution in [2.45, 2.75) is 32.4 Å². The predicted molar refractivity (Wildman–Crippen MR) is 90.5 cm³/mol. The molecule has 0 spiro atoms. The van der Waals surface area contributed by atoms with Gasteiger partial charge in [-0.25, -0.2) is 14.6 Å². The maximum atomic E-state index is 12.3. The summed E-state index contributed by atoms with van der Waals surface area (Å²) in [5.41, 5.74) is 1.33. The smallest absolute Gasteiger partial charge is 0.358 e. The average molecular weight is 338 g/mol. The second-order valence-electron chi connectivity index (χ2n) is 5.78. The number of rotatable bonds is 4. The van der Waals surface area contributed by atoms with Crippen LogP contribution in [0.5, 0.6) is 0 Å². The van der Waals surface area contributed by atoms with Crippen molar-refractivity contribution in [3.8, 4) is 0 Å². The van der Waals surface area contributed by atoms with Crippen LogP contribution in [0.1, 0.15) is 40.0 Å². The van der Waals surface area contributed by atoms with Crippen LogP contribution in [0.2, 0.25) is 0 Å². The van der Waals surface area contributed by atoms with Crippen molar-refractivity contribution in [2.24, 2.45) is 0 Å². The third-order valence-corrected chi connectivity index (χ3v) is 4.07. The van der Waals surface area contributed by atoms with E-state index >= 15 is 0 Å². The maximum absolute atomic E-state index is 12.3. The zero-order chi connectivity index (χ0) is 17.8. The SMILES string of the molecule is [C-]#[N+]c1ccc(C(=O)NC2CCc3nc(C(=O)OCC)cn3C2)cc1. The lowest BCUT2D eigenvalue weighted by atomic mass is 10.1. The number of esters is 1. The number of ether oxygens (including phenoxy) is 1. The Kier molecular flexibility index (Phi) is 4.80. The monoisotopic (exact) mass is 338 g/mol. The van der Waals surface area contributed by atoms with Gasteiger partial charge in [0.05, 0.1) is 13.2 Å². The summed E-state index contributed by atoms with van der Waals surface area (Å²) in [7, 11) is 0. The number of aryl methyl sites for hydroxylation is 1. The number of hydrogen-bond donors (Lipinski definition) is 1. The molecule has 3 rings (SSSR count). The molecule has 0 bridgehead atoms. The minimum absolute atomic E-state index is 0.0372. The van der Waals surface area contributed by atoms with Gasteiger partial charge < -0.3 is 14.6 Å². The van der Waals surface area contributed by atoms with Crippen LogP contribution in [0.15, 0.2) is 30.5 Å². The van der Waals surface area contributed by atoms with E-state index in [0.29, 0.717) is 36.5 Å². The van der Waals surface area contributed by atoms with Gasteiger partial charge in [-0.05, 0) is 13.3 Å². The van der Waals surface area contributed by atoms with Crippen LogP contribution in [0.25, 0.3) is 4.85 Å². The molecule has 7 nitrogen and oxygen atoms in total. The Morgan fingerprint density at radius 1 is 1.40 bits per heavy atom. The van der Waals surface area contributed by atoms with Crippen molar-refractivity contribution < 1.29 is 14.3 Å². The lowest BCUT2D eigenvalue weighted by molar-refractivity contribution is 0.0519. The van der Waals surface area contributed by atoms with E-state index in [2.05, 4.69) is 15.1 Å². The first-order valence-corrected chi connectivity index (χ1v) is 8.12. The van der Waals surface area contributed by atoms with Gasteiger partial charge >= 0.3 is 5.97 Å². The third-order valence-electron chi connectivity index (χ3n) is 4.07. The van der Waals surface area contributed by atoms with Gasteiger partial charge in [-0.1, -0.05) is 24.3 Å². The van der Waals surface area contributed by atoms with Crippen LogP contribution in [-0.2, 0) is 17.7 Å². The molecule has 1 amide bonds. The zero-order valence-electron chi connectivity index (χ0n) is 13.9. The minimum atomic E-state index is -0.426. The van der Waals surface area contributed by atoms with Crippen molar-refractivity contribution in [3.63, 3.8) is 0 Å². The first-order valence-electron chi connectivity index (χ1n) is 8.12. The Balaban J connectivity index is 1.65. The number of nitrogens with zero attached hydrogens (tertiary/aromatic N) is 3. The first-order chi connectivity index (χ1) is 12.1. The molecule has 0 saturated heterocycles. The summed E-state index contributed by atoms with van der Waals surface area (Å²) in [6, 6.07) is 6.51. The van der Waals surface area contributed by atoms with Crippen molar-refractivity contribution in [1.82, 2.24) is 14.9 Å². The number of imidazole rings is 1. The highest BCUT2D eigenvalue weighted by Gasteiger charge is 2.24. The van der Waals surface area contributed by atoms with Crippen molar-refractivity contribution in [1.29, 1.82) is 0 Å². The summed E-state index contributed by atoms with van der Waals surface area (Å²) in [4.78, 5) is 31.7. The molecular weight excluding hydrogens is 320 g/mol. The van der Waals surface area contributed by atoms with Crippen molar-refractivity contribution in [2.75, 3.05) is 6.61 Å². The number of amides is 1. The number of carbonyl (C=O) groups is 2. The molecule has 128 valence electrons. The highest BCUT2D eigenvalue weighted by Crippen LogP contribution is 2.17. The quantitative estimate of drug-likeness (QED) is 0.686. The lowest BCUT2D eigenvalue weighted by Gasteiger charge is -2.24. The van der Waals surface area contributed by atoms with E-state index in [0.717, 1.165) is 12.2 Å². The van der Waals surface area contributed by atoms with E-state index in [4.69, 9.17) is 11.3 Å². The number of nitrogens with one attached hydrogen (secondary N) is 1. The van der Waals surface area contributed by atoms with Crippen LogP contribution in [-0.4, -0.2) is 34.1 Å². The highest BCUT2D eigenvalue weighted by molar-refractivity contribution is 5.94. The molecule has 0 saturated carbocycles. The Morgan fingerprint density at radius 2 is 2.16 bits per heavy atom. The molecule has 0 radical (unpaired) electrons. The predicted octanol–water partition coefficient (Wildman–Crippen LogP) is 2.36. The van der Waals surface area contributed by atoms with Gasteiger partial charge in [0.25, 0.3) is 5.91 Å². The molecule has 1 aliphatic rings. The van der Waals surface area contributed by atoms with E-state index in [9.17, 15) is 9.59 Å². The van der Waals surface area contributed by atoms with Crippen molar-refractivity contribution >= 4 is 17.6 Å². The molecule has 1 aromatic heterocycles. The summed E-state index contributed by atoms with van der Waals surface area (Å²) in [5.74, 6) is 0.232. The third kappa shape index (κ3) is 3.69. The van der Waals surface area contributed by atoms with Gasteiger partial charge in [-0.2, -0.15) is 0 Å². The summed E-state index contributed by atoms with van der Waals surface area (Å²) >= 11 is 0. The molecule has 1 unspecified atom stereocenters.